The molecule has 0 saturated carbocycles. The summed E-state index contributed by atoms with van der Waals surface area (Å²) in [6.45, 7) is 5.07. The van der Waals surface area contributed by atoms with Crippen LogP contribution in [0.4, 0.5) is 0 Å². The second kappa shape index (κ2) is 10.4. The lowest BCUT2D eigenvalue weighted by Gasteiger charge is -2.21. The summed E-state index contributed by atoms with van der Waals surface area (Å²) in [6.07, 6.45) is 1.02. The molecule has 0 heterocycles. The van der Waals surface area contributed by atoms with Crippen molar-refractivity contribution in [3.63, 3.8) is 0 Å². The molecule has 0 spiro atoms. The normalized spacial score (nSPS) is 10.3. The van der Waals surface area contributed by atoms with Crippen molar-refractivity contribution >= 4 is 11.8 Å². The second-order valence-corrected chi connectivity index (χ2v) is 6.56. The van der Waals surface area contributed by atoms with Gasteiger partial charge in [-0.15, -0.1) is 0 Å². The van der Waals surface area contributed by atoms with Crippen molar-refractivity contribution in [2.24, 2.45) is 0 Å². The van der Waals surface area contributed by atoms with Crippen molar-refractivity contribution in [1.82, 2.24) is 10.2 Å². The molecule has 27 heavy (non-hydrogen) atoms. The Labute approximate surface area is 161 Å². The molecule has 2 amide bonds. The molecule has 0 atom stereocenters. The zero-order chi connectivity index (χ0) is 19.6. The van der Waals surface area contributed by atoms with Gasteiger partial charge in [0.05, 0.1) is 7.11 Å². The zero-order valence-corrected chi connectivity index (χ0v) is 16.3. The van der Waals surface area contributed by atoms with E-state index in [2.05, 4.69) is 5.32 Å². The number of carbonyl (C=O) groups is 2. The van der Waals surface area contributed by atoms with Crippen molar-refractivity contribution in [2.45, 2.75) is 33.2 Å². The van der Waals surface area contributed by atoms with Crippen LogP contribution in [0, 0.1) is 6.92 Å². The fourth-order valence-electron chi connectivity index (χ4n) is 2.85. The lowest BCUT2D eigenvalue weighted by atomic mass is 10.1. The van der Waals surface area contributed by atoms with Gasteiger partial charge in [0.15, 0.2) is 0 Å². The lowest BCUT2D eigenvalue weighted by Crippen LogP contribution is -2.35. The van der Waals surface area contributed by atoms with E-state index in [0.717, 1.165) is 28.9 Å². The maximum atomic E-state index is 12.1. The van der Waals surface area contributed by atoms with Crippen LogP contribution in [0.15, 0.2) is 48.5 Å². The highest BCUT2D eigenvalue weighted by Crippen LogP contribution is 2.13. The third-order valence-corrected chi connectivity index (χ3v) is 4.60. The SMILES string of the molecule is COc1cccc(CCN(CCC(=O)NCc2ccccc2C)C(C)=O)c1. The Balaban J connectivity index is 1.80. The van der Waals surface area contributed by atoms with Crippen LogP contribution in [-0.4, -0.2) is 36.9 Å². The molecular weight excluding hydrogens is 340 g/mol. The molecule has 0 aliphatic rings. The highest BCUT2D eigenvalue weighted by atomic mass is 16.5. The summed E-state index contributed by atoms with van der Waals surface area (Å²) in [5, 5.41) is 2.93. The summed E-state index contributed by atoms with van der Waals surface area (Å²) in [4.78, 5) is 25.8. The Bertz CT molecular complexity index is 774. The fraction of sp³-hybridized carbons (Fsp3) is 0.364. The maximum absolute atomic E-state index is 12.1. The summed E-state index contributed by atoms with van der Waals surface area (Å²) >= 11 is 0. The van der Waals surface area contributed by atoms with Crippen molar-refractivity contribution in [1.29, 1.82) is 0 Å². The minimum Gasteiger partial charge on any atom is -0.497 e. The van der Waals surface area contributed by atoms with Gasteiger partial charge in [-0.25, -0.2) is 0 Å². The molecule has 0 aromatic heterocycles. The fourth-order valence-corrected chi connectivity index (χ4v) is 2.85. The zero-order valence-electron chi connectivity index (χ0n) is 16.3. The Morgan fingerprint density at radius 3 is 2.56 bits per heavy atom. The Morgan fingerprint density at radius 1 is 1.07 bits per heavy atom. The van der Waals surface area contributed by atoms with Crippen LogP contribution in [0.3, 0.4) is 0 Å². The number of aryl methyl sites for hydroxylation is 1. The molecule has 0 bridgehead atoms. The van der Waals surface area contributed by atoms with E-state index in [9.17, 15) is 9.59 Å². The Morgan fingerprint density at radius 2 is 1.85 bits per heavy atom. The second-order valence-electron chi connectivity index (χ2n) is 6.56. The maximum Gasteiger partial charge on any atom is 0.222 e. The molecule has 0 radical (unpaired) electrons. The third kappa shape index (κ3) is 6.77. The smallest absolute Gasteiger partial charge is 0.222 e. The van der Waals surface area contributed by atoms with Crippen LogP contribution in [-0.2, 0) is 22.6 Å². The molecule has 5 heteroatoms. The van der Waals surface area contributed by atoms with Gasteiger partial charge in [0.2, 0.25) is 11.8 Å². The number of hydrogen-bond acceptors (Lipinski definition) is 3. The van der Waals surface area contributed by atoms with Gasteiger partial charge in [-0.3, -0.25) is 9.59 Å². The van der Waals surface area contributed by atoms with Gasteiger partial charge in [0.1, 0.15) is 5.75 Å². The molecule has 1 N–H and O–H groups in total. The van der Waals surface area contributed by atoms with E-state index in [1.165, 1.54) is 6.92 Å². The van der Waals surface area contributed by atoms with Crippen LogP contribution >= 0.6 is 0 Å². The van der Waals surface area contributed by atoms with Crippen molar-refractivity contribution in [2.75, 3.05) is 20.2 Å². The van der Waals surface area contributed by atoms with Crippen molar-refractivity contribution in [3.05, 3.63) is 65.2 Å². The van der Waals surface area contributed by atoms with E-state index < -0.39 is 0 Å². The molecule has 5 nitrogen and oxygen atoms in total. The van der Waals surface area contributed by atoms with Crippen LogP contribution < -0.4 is 10.1 Å². The van der Waals surface area contributed by atoms with E-state index in [1.54, 1.807) is 12.0 Å². The first-order chi connectivity index (χ1) is 13.0. The number of rotatable bonds is 9. The summed E-state index contributed by atoms with van der Waals surface area (Å²) in [5.74, 6) is 0.730. The molecule has 2 rings (SSSR count). The summed E-state index contributed by atoms with van der Waals surface area (Å²) < 4.78 is 5.23. The molecule has 0 aliphatic carbocycles. The monoisotopic (exact) mass is 368 g/mol. The summed E-state index contributed by atoms with van der Waals surface area (Å²) in [5.41, 5.74) is 3.36. The van der Waals surface area contributed by atoms with E-state index in [1.807, 2.05) is 55.5 Å². The van der Waals surface area contributed by atoms with E-state index in [4.69, 9.17) is 4.74 Å². The number of carbonyl (C=O) groups excluding carboxylic acids is 2. The molecule has 2 aromatic rings. The Kier molecular flexibility index (Phi) is 7.86. The van der Waals surface area contributed by atoms with Crippen LogP contribution in [0.2, 0.25) is 0 Å². The first kappa shape index (κ1) is 20.5. The molecule has 0 aliphatic heterocycles. The number of ether oxygens (including phenoxy) is 1. The van der Waals surface area contributed by atoms with E-state index in [-0.39, 0.29) is 11.8 Å². The first-order valence-electron chi connectivity index (χ1n) is 9.19. The Hall–Kier alpha value is -2.82. The number of nitrogens with zero attached hydrogens (tertiary/aromatic N) is 1. The molecule has 0 fully saturated rings. The summed E-state index contributed by atoms with van der Waals surface area (Å²) in [7, 11) is 1.64. The third-order valence-electron chi connectivity index (χ3n) is 4.60. The van der Waals surface area contributed by atoms with Gasteiger partial charge >= 0.3 is 0 Å². The quantitative estimate of drug-likeness (QED) is 0.740. The van der Waals surface area contributed by atoms with Gasteiger partial charge < -0.3 is 15.0 Å². The largest absolute Gasteiger partial charge is 0.497 e. The predicted molar refractivity (Wildman–Crippen MR) is 107 cm³/mol. The number of benzene rings is 2. The van der Waals surface area contributed by atoms with Crippen LogP contribution in [0.1, 0.15) is 30.0 Å². The average molecular weight is 368 g/mol. The number of nitrogens with one attached hydrogen (secondary N) is 1. The highest BCUT2D eigenvalue weighted by Gasteiger charge is 2.12. The van der Waals surface area contributed by atoms with Gasteiger partial charge in [0, 0.05) is 33.0 Å². The molecule has 144 valence electrons. The molecular formula is C22H28N2O3. The van der Waals surface area contributed by atoms with Crippen molar-refractivity contribution in [3.8, 4) is 5.75 Å². The van der Waals surface area contributed by atoms with E-state index in [0.29, 0.717) is 26.1 Å². The average Bonchev–Trinajstić information content (AvgIpc) is 2.67. The minimum absolute atomic E-state index is 0.0235. The topological polar surface area (TPSA) is 58.6 Å². The number of hydrogen-bond donors (Lipinski definition) is 1. The lowest BCUT2D eigenvalue weighted by molar-refractivity contribution is -0.129. The first-order valence-corrected chi connectivity index (χ1v) is 9.19. The van der Waals surface area contributed by atoms with Gasteiger partial charge in [-0.05, 0) is 42.2 Å². The van der Waals surface area contributed by atoms with Crippen molar-refractivity contribution < 1.29 is 14.3 Å². The molecule has 0 saturated heterocycles. The molecule has 0 unspecified atom stereocenters. The van der Waals surface area contributed by atoms with Gasteiger partial charge in [0.25, 0.3) is 0 Å². The van der Waals surface area contributed by atoms with Gasteiger partial charge in [-0.2, -0.15) is 0 Å². The predicted octanol–water partition coefficient (Wildman–Crippen LogP) is 3.10. The number of amides is 2. The van der Waals surface area contributed by atoms with Crippen LogP contribution in [0.5, 0.6) is 5.75 Å². The van der Waals surface area contributed by atoms with E-state index >= 15 is 0 Å². The minimum atomic E-state index is -0.0501. The van der Waals surface area contributed by atoms with Gasteiger partial charge in [-0.1, -0.05) is 36.4 Å². The van der Waals surface area contributed by atoms with Crippen LogP contribution in [0.25, 0.3) is 0 Å². The number of methoxy groups -OCH3 is 1. The standard InChI is InChI=1S/C22H28N2O3/c1-17-7-4-5-9-20(17)16-23-22(26)12-14-24(18(2)25)13-11-19-8-6-10-21(15-19)27-3/h4-10,15H,11-14,16H2,1-3H3,(H,23,26). The molecule has 2 aromatic carbocycles. The summed E-state index contributed by atoms with van der Waals surface area (Å²) in [6, 6.07) is 15.8. The highest BCUT2D eigenvalue weighted by molar-refractivity contribution is 5.78.